The second-order valence-corrected chi connectivity index (χ2v) is 7.88. The second-order valence-electron chi connectivity index (χ2n) is 4.84. The maximum atomic E-state index is 12.8. The van der Waals surface area contributed by atoms with Gasteiger partial charge in [-0.3, -0.25) is 4.79 Å². The van der Waals surface area contributed by atoms with Crippen molar-refractivity contribution in [2.24, 2.45) is 11.0 Å². The summed E-state index contributed by atoms with van der Waals surface area (Å²) in [5, 5.41) is 3.45. The summed E-state index contributed by atoms with van der Waals surface area (Å²) >= 11 is 0.924. The van der Waals surface area contributed by atoms with Gasteiger partial charge in [-0.15, -0.1) is 11.3 Å². The summed E-state index contributed by atoms with van der Waals surface area (Å²) in [5.74, 6) is -0.734. The van der Waals surface area contributed by atoms with Gasteiger partial charge in [0.1, 0.15) is 0 Å². The monoisotopic (exact) mass is 333 g/mol. The van der Waals surface area contributed by atoms with Gasteiger partial charge in [0.25, 0.3) is 0 Å². The van der Waals surface area contributed by atoms with E-state index in [2.05, 4.69) is 10.5 Å². The minimum absolute atomic E-state index is 0.174. The Bertz CT molecular complexity index is 642. The molecule has 2 heterocycles. The van der Waals surface area contributed by atoms with Crippen molar-refractivity contribution in [2.75, 3.05) is 19.3 Å². The van der Waals surface area contributed by atoms with Gasteiger partial charge in [-0.05, 0) is 25.0 Å². The number of nitrogens with zero attached hydrogens (tertiary/aromatic N) is 2. The third-order valence-corrected chi connectivity index (χ3v) is 5.26. The number of nitrogens with one attached hydrogen (secondary N) is 1. The molecule has 1 aromatic rings. The highest BCUT2D eigenvalue weighted by atomic mass is 32.2. The molecule has 1 aliphatic rings. The molecule has 9 heteroatoms. The highest BCUT2D eigenvalue weighted by Crippen LogP contribution is 2.18. The topological polar surface area (TPSA) is 78.8 Å². The molecule has 0 saturated carbocycles. The average Bonchev–Trinajstić information content (AvgIpc) is 2.83. The maximum absolute atomic E-state index is 12.8. The summed E-state index contributed by atoms with van der Waals surface area (Å²) in [6, 6.07) is 2.88. The van der Waals surface area contributed by atoms with Crippen molar-refractivity contribution in [2.45, 2.75) is 12.8 Å². The van der Waals surface area contributed by atoms with E-state index in [-0.39, 0.29) is 17.6 Å². The Morgan fingerprint density at radius 3 is 2.95 bits per heavy atom. The Morgan fingerprint density at radius 2 is 2.33 bits per heavy atom. The summed E-state index contributed by atoms with van der Waals surface area (Å²) < 4.78 is 37.0. The summed E-state index contributed by atoms with van der Waals surface area (Å²) in [4.78, 5) is 12.5. The van der Waals surface area contributed by atoms with Crippen LogP contribution in [0.2, 0.25) is 0 Å². The molecule has 0 bridgehead atoms. The molecule has 116 valence electrons. The molecular weight excluding hydrogens is 317 g/mol. The van der Waals surface area contributed by atoms with Crippen LogP contribution >= 0.6 is 11.3 Å². The van der Waals surface area contributed by atoms with Gasteiger partial charge in [0.05, 0.1) is 23.3 Å². The molecule has 1 fully saturated rings. The smallest absolute Gasteiger partial charge is 0.244 e. The van der Waals surface area contributed by atoms with Crippen molar-refractivity contribution in [1.82, 2.24) is 9.73 Å². The highest BCUT2D eigenvalue weighted by molar-refractivity contribution is 7.88. The standard InChI is InChI=1S/C12H16FN3O3S2/c1-21(18,19)16-6-2-3-9(8-16)12(17)15-14-7-10-4-5-11(13)20-10/h4-5,7,9H,2-3,6,8H2,1H3,(H,15,17)/b14-7+. The third kappa shape index (κ3) is 4.58. The molecule has 0 aromatic carbocycles. The van der Waals surface area contributed by atoms with Crippen molar-refractivity contribution in [3.05, 3.63) is 22.1 Å². The molecule has 1 aliphatic heterocycles. The molecule has 0 spiro atoms. The molecule has 21 heavy (non-hydrogen) atoms. The van der Waals surface area contributed by atoms with E-state index in [9.17, 15) is 17.6 Å². The summed E-state index contributed by atoms with van der Waals surface area (Å²) in [7, 11) is -3.28. The first-order chi connectivity index (χ1) is 9.86. The Labute approximate surface area is 126 Å². The van der Waals surface area contributed by atoms with Crippen LogP contribution in [0.25, 0.3) is 0 Å². The van der Waals surface area contributed by atoms with E-state index in [0.717, 1.165) is 17.6 Å². The van der Waals surface area contributed by atoms with Crippen molar-refractivity contribution in [1.29, 1.82) is 0 Å². The predicted molar refractivity (Wildman–Crippen MR) is 79.2 cm³/mol. The molecule has 1 saturated heterocycles. The summed E-state index contributed by atoms with van der Waals surface area (Å²) in [6.45, 7) is 0.619. The number of amides is 1. The van der Waals surface area contributed by atoms with Gasteiger partial charge in [0.2, 0.25) is 15.9 Å². The molecular formula is C12H16FN3O3S2. The van der Waals surface area contributed by atoms with Gasteiger partial charge < -0.3 is 0 Å². The number of sulfonamides is 1. The quantitative estimate of drug-likeness (QED) is 0.660. The second kappa shape index (κ2) is 6.63. The zero-order valence-electron chi connectivity index (χ0n) is 11.5. The van der Waals surface area contributed by atoms with Gasteiger partial charge in [-0.1, -0.05) is 0 Å². The fourth-order valence-electron chi connectivity index (χ4n) is 2.11. The minimum atomic E-state index is -3.28. The highest BCUT2D eigenvalue weighted by Gasteiger charge is 2.29. The van der Waals surface area contributed by atoms with Crippen molar-refractivity contribution in [3.63, 3.8) is 0 Å². The normalized spacial score (nSPS) is 20.8. The van der Waals surface area contributed by atoms with Crippen LogP contribution in [0.5, 0.6) is 0 Å². The fourth-order valence-corrected chi connectivity index (χ4v) is 3.62. The first kappa shape index (κ1) is 16.1. The number of carbonyl (C=O) groups excluding carboxylic acids is 1. The van der Waals surface area contributed by atoms with Crippen LogP contribution in [0.4, 0.5) is 4.39 Å². The van der Waals surface area contributed by atoms with E-state index in [0.29, 0.717) is 24.3 Å². The number of rotatable bonds is 4. The van der Waals surface area contributed by atoms with Gasteiger partial charge in [-0.25, -0.2) is 18.1 Å². The Morgan fingerprint density at radius 1 is 1.57 bits per heavy atom. The molecule has 0 aliphatic carbocycles. The number of carbonyl (C=O) groups is 1. The number of piperidine rings is 1. The molecule has 1 unspecified atom stereocenters. The van der Waals surface area contributed by atoms with E-state index >= 15 is 0 Å². The molecule has 1 atom stereocenters. The third-order valence-electron chi connectivity index (χ3n) is 3.18. The largest absolute Gasteiger partial charge is 0.273 e. The van der Waals surface area contributed by atoms with E-state index < -0.39 is 15.9 Å². The van der Waals surface area contributed by atoms with Gasteiger partial charge in [-0.2, -0.15) is 9.49 Å². The number of thiophene rings is 1. The lowest BCUT2D eigenvalue weighted by Gasteiger charge is -2.29. The van der Waals surface area contributed by atoms with Crippen molar-refractivity contribution >= 4 is 33.5 Å². The van der Waals surface area contributed by atoms with Gasteiger partial charge in [0.15, 0.2) is 5.13 Å². The zero-order chi connectivity index (χ0) is 15.5. The molecule has 6 nitrogen and oxygen atoms in total. The van der Waals surface area contributed by atoms with Gasteiger partial charge >= 0.3 is 0 Å². The van der Waals surface area contributed by atoms with Crippen molar-refractivity contribution in [3.8, 4) is 0 Å². The lowest BCUT2D eigenvalue weighted by molar-refractivity contribution is -0.126. The fraction of sp³-hybridized carbons (Fsp3) is 0.500. The van der Waals surface area contributed by atoms with E-state index in [4.69, 9.17) is 0 Å². The molecule has 2 rings (SSSR count). The van der Waals surface area contributed by atoms with Crippen molar-refractivity contribution < 1.29 is 17.6 Å². The van der Waals surface area contributed by atoms with E-state index in [1.807, 2.05) is 0 Å². The lowest BCUT2D eigenvalue weighted by Crippen LogP contribution is -2.44. The number of hydrogen-bond donors (Lipinski definition) is 1. The lowest BCUT2D eigenvalue weighted by atomic mass is 9.99. The Hall–Kier alpha value is -1.32. The molecule has 1 N–H and O–H groups in total. The molecule has 1 aromatic heterocycles. The van der Waals surface area contributed by atoms with Crippen LogP contribution in [-0.4, -0.2) is 44.2 Å². The number of hydrogen-bond acceptors (Lipinski definition) is 5. The van der Waals surface area contributed by atoms with E-state index in [1.54, 1.807) is 6.07 Å². The minimum Gasteiger partial charge on any atom is -0.273 e. The van der Waals surface area contributed by atoms with Crippen LogP contribution < -0.4 is 5.43 Å². The summed E-state index contributed by atoms with van der Waals surface area (Å²) in [6.07, 6.45) is 3.77. The van der Waals surface area contributed by atoms with Crippen LogP contribution in [0.1, 0.15) is 17.7 Å². The predicted octanol–water partition coefficient (Wildman–Crippen LogP) is 1.01. The average molecular weight is 333 g/mol. The Balaban J connectivity index is 1.89. The molecule has 1 amide bonds. The SMILES string of the molecule is CS(=O)(=O)N1CCCC(C(=O)N/N=C/c2ccc(F)s2)C1. The van der Waals surface area contributed by atoms with Crippen LogP contribution in [0.15, 0.2) is 17.2 Å². The number of halogens is 1. The zero-order valence-corrected chi connectivity index (χ0v) is 13.1. The number of hydrazone groups is 1. The van der Waals surface area contributed by atoms with Gasteiger partial charge in [0, 0.05) is 13.1 Å². The first-order valence-electron chi connectivity index (χ1n) is 6.39. The summed E-state index contributed by atoms with van der Waals surface area (Å²) in [5.41, 5.74) is 2.38. The van der Waals surface area contributed by atoms with Crippen LogP contribution in [0.3, 0.4) is 0 Å². The van der Waals surface area contributed by atoms with Crippen LogP contribution in [-0.2, 0) is 14.8 Å². The first-order valence-corrected chi connectivity index (χ1v) is 9.06. The maximum Gasteiger partial charge on any atom is 0.244 e. The Kier molecular flexibility index (Phi) is 5.07. The molecule has 0 radical (unpaired) electrons. The van der Waals surface area contributed by atoms with E-state index in [1.165, 1.54) is 16.6 Å². The van der Waals surface area contributed by atoms with Crippen LogP contribution in [0, 0.1) is 11.0 Å².